The van der Waals surface area contributed by atoms with Crippen LogP contribution in [0.4, 0.5) is 0 Å². The normalized spacial score (nSPS) is 13.0. The van der Waals surface area contributed by atoms with Gasteiger partial charge in [-0.2, -0.15) is 5.26 Å². The van der Waals surface area contributed by atoms with Crippen molar-refractivity contribution in [3.63, 3.8) is 0 Å². The maximum absolute atomic E-state index is 12.2. The molecular formula is C14H17N3O4S. The monoisotopic (exact) mass is 323 g/mol. The fourth-order valence-electron chi connectivity index (χ4n) is 1.75. The largest absolute Gasteiger partial charge is 0.368 e. The Hall–Kier alpha value is -2.40. The van der Waals surface area contributed by atoms with Crippen LogP contribution >= 0.6 is 0 Å². The van der Waals surface area contributed by atoms with Crippen LogP contribution in [0.5, 0.6) is 0 Å². The third-order valence-electron chi connectivity index (χ3n) is 3.46. The van der Waals surface area contributed by atoms with Gasteiger partial charge in [-0.3, -0.25) is 9.59 Å². The average Bonchev–Trinajstić information content (AvgIpc) is 2.42. The molecule has 7 nitrogen and oxygen atoms in total. The molecular weight excluding hydrogens is 306 g/mol. The SMILES string of the molecule is CC(C)([C@H](NC(=O)c1cccc(C#N)c1)C(N)=O)S(C)(=O)=O. The van der Waals surface area contributed by atoms with Crippen LogP contribution < -0.4 is 11.1 Å². The summed E-state index contributed by atoms with van der Waals surface area (Å²) in [6, 6.07) is 6.29. The lowest BCUT2D eigenvalue weighted by molar-refractivity contribution is -0.120. The minimum absolute atomic E-state index is 0.134. The van der Waals surface area contributed by atoms with E-state index in [-0.39, 0.29) is 11.1 Å². The molecule has 1 atom stereocenters. The molecule has 2 amide bonds. The van der Waals surface area contributed by atoms with Crippen LogP contribution in [-0.2, 0) is 14.6 Å². The van der Waals surface area contributed by atoms with E-state index in [0.717, 1.165) is 6.26 Å². The average molecular weight is 323 g/mol. The maximum atomic E-state index is 12.2. The van der Waals surface area contributed by atoms with E-state index in [0.29, 0.717) is 0 Å². The van der Waals surface area contributed by atoms with E-state index in [1.165, 1.54) is 38.1 Å². The van der Waals surface area contributed by atoms with Gasteiger partial charge in [0.1, 0.15) is 6.04 Å². The van der Waals surface area contributed by atoms with Crippen molar-refractivity contribution >= 4 is 21.7 Å². The summed E-state index contributed by atoms with van der Waals surface area (Å²) in [5, 5.41) is 11.1. The summed E-state index contributed by atoms with van der Waals surface area (Å²) in [6.45, 7) is 2.62. The van der Waals surface area contributed by atoms with E-state index >= 15 is 0 Å². The van der Waals surface area contributed by atoms with E-state index < -0.39 is 32.4 Å². The van der Waals surface area contributed by atoms with Gasteiger partial charge < -0.3 is 11.1 Å². The second-order valence-electron chi connectivity index (χ2n) is 5.38. The first kappa shape index (κ1) is 17.7. The zero-order valence-electron chi connectivity index (χ0n) is 12.5. The predicted octanol–water partition coefficient (Wildman–Crippen LogP) is -0.0348. The standard InChI is InChI=1S/C14H17N3O4S/c1-14(2,22(3,20)21)11(12(16)18)17-13(19)10-6-4-5-9(7-10)8-15/h4-7,11H,1-3H3,(H2,16,18)(H,17,19)/t11-/m1/s1. The van der Waals surface area contributed by atoms with E-state index in [2.05, 4.69) is 5.32 Å². The van der Waals surface area contributed by atoms with Crippen LogP contribution in [0.25, 0.3) is 0 Å². The van der Waals surface area contributed by atoms with E-state index in [1.54, 1.807) is 0 Å². The number of primary amides is 1. The Labute approximate surface area is 129 Å². The molecule has 8 heteroatoms. The Bertz CT molecular complexity index is 748. The number of hydrogen-bond acceptors (Lipinski definition) is 5. The van der Waals surface area contributed by atoms with Crippen molar-refractivity contribution in [2.24, 2.45) is 5.73 Å². The Morgan fingerprint density at radius 1 is 1.36 bits per heavy atom. The number of sulfone groups is 1. The lowest BCUT2D eigenvalue weighted by atomic mass is 10.0. The third kappa shape index (κ3) is 3.62. The Kier molecular flexibility index (Phi) is 4.94. The number of nitrogens with one attached hydrogen (secondary N) is 1. The minimum Gasteiger partial charge on any atom is -0.368 e. The van der Waals surface area contributed by atoms with Crippen molar-refractivity contribution in [3.8, 4) is 6.07 Å². The van der Waals surface area contributed by atoms with Gasteiger partial charge in [0, 0.05) is 11.8 Å². The highest BCUT2D eigenvalue weighted by Crippen LogP contribution is 2.20. The second kappa shape index (κ2) is 6.15. The maximum Gasteiger partial charge on any atom is 0.252 e. The molecule has 0 spiro atoms. The summed E-state index contributed by atoms with van der Waals surface area (Å²) in [7, 11) is -3.66. The fraction of sp³-hybridized carbons (Fsp3) is 0.357. The van der Waals surface area contributed by atoms with Gasteiger partial charge in [-0.25, -0.2) is 8.42 Å². The lowest BCUT2D eigenvalue weighted by Crippen LogP contribution is -2.59. The van der Waals surface area contributed by atoms with Gasteiger partial charge in [-0.1, -0.05) is 6.07 Å². The number of benzene rings is 1. The molecule has 22 heavy (non-hydrogen) atoms. The van der Waals surface area contributed by atoms with Crippen molar-refractivity contribution in [2.75, 3.05) is 6.26 Å². The van der Waals surface area contributed by atoms with Crippen molar-refractivity contribution < 1.29 is 18.0 Å². The van der Waals surface area contributed by atoms with Crippen molar-refractivity contribution in [1.82, 2.24) is 5.32 Å². The van der Waals surface area contributed by atoms with Crippen molar-refractivity contribution in [1.29, 1.82) is 5.26 Å². The van der Waals surface area contributed by atoms with Gasteiger partial charge in [-0.05, 0) is 32.0 Å². The van der Waals surface area contributed by atoms with Crippen LogP contribution in [0.2, 0.25) is 0 Å². The van der Waals surface area contributed by atoms with Crippen LogP contribution in [0.3, 0.4) is 0 Å². The molecule has 0 heterocycles. The van der Waals surface area contributed by atoms with Crippen molar-refractivity contribution in [3.05, 3.63) is 35.4 Å². The number of rotatable bonds is 5. The quantitative estimate of drug-likeness (QED) is 0.785. The Morgan fingerprint density at radius 3 is 2.41 bits per heavy atom. The zero-order chi connectivity index (χ0) is 17.1. The highest BCUT2D eigenvalue weighted by molar-refractivity contribution is 7.92. The first-order valence-electron chi connectivity index (χ1n) is 6.30. The minimum atomic E-state index is -3.66. The summed E-state index contributed by atoms with van der Waals surface area (Å²) < 4.78 is 22.1. The number of hydrogen-bond donors (Lipinski definition) is 2. The van der Waals surface area contributed by atoms with E-state index in [1.807, 2.05) is 6.07 Å². The molecule has 0 aliphatic rings. The zero-order valence-corrected chi connectivity index (χ0v) is 13.3. The molecule has 1 aromatic carbocycles. The van der Waals surface area contributed by atoms with Gasteiger partial charge in [0.25, 0.3) is 5.91 Å². The number of nitriles is 1. The molecule has 1 rings (SSSR count). The Morgan fingerprint density at radius 2 is 1.95 bits per heavy atom. The molecule has 1 aromatic rings. The third-order valence-corrected chi connectivity index (χ3v) is 5.61. The first-order chi connectivity index (χ1) is 10.0. The first-order valence-corrected chi connectivity index (χ1v) is 8.20. The summed E-state index contributed by atoms with van der Waals surface area (Å²) in [6.07, 6.45) is 0.964. The van der Waals surface area contributed by atoms with Crippen LogP contribution in [0, 0.1) is 11.3 Å². The van der Waals surface area contributed by atoms with Gasteiger partial charge in [0.2, 0.25) is 5.91 Å². The molecule has 118 valence electrons. The second-order valence-corrected chi connectivity index (χ2v) is 7.97. The number of carbonyl (C=O) groups excluding carboxylic acids is 2. The number of amides is 2. The summed E-state index contributed by atoms with van der Waals surface area (Å²) in [5.74, 6) is -1.64. The molecule has 0 aromatic heterocycles. The molecule has 0 fully saturated rings. The lowest BCUT2D eigenvalue weighted by Gasteiger charge is -2.30. The number of carbonyl (C=O) groups is 2. The topological polar surface area (TPSA) is 130 Å². The summed E-state index contributed by atoms with van der Waals surface area (Å²) in [5.41, 5.74) is 5.63. The van der Waals surface area contributed by atoms with Gasteiger partial charge in [0.05, 0.1) is 16.4 Å². The van der Waals surface area contributed by atoms with Crippen LogP contribution in [-0.4, -0.2) is 37.3 Å². The summed E-state index contributed by atoms with van der Waals surface area (Å²) in [4.78, 5) is 23.8. The molecule has 0 saturated heterocycles. The van der Waals surface area contributed by atoms with Crippen LogP contribution in [0.1, 0.15) is 29.8 Å². The molecule has 0 bridgehead atoms. The van der Waals surface area contributed by atoms with Gasteiger partial charge in [0.15, 0.2) is 9.84 Å². The highest BCUT2D eigenvalue weighted by Gasteiger charge is 2.43. The highest BCUT2D eigenvalue weighted by atomic mass is 32.2. The summed E-state index contributed by atoms with van der Waals surface area (Å²) >= 11 is 0. The smallest absolute Gasteiger partial charge is 0.252 e. The fourth-order valence-corrected chi connectivity index (χ4v) is 2.35. The number of nitrogens with two attached hydrogens (primary N) is 1. The van der Waals surface area contributed by atoms with Crippen molar-refractivity contribution in [2.45, 2.75) is 24.6 Å². The van der Waals surface area contributed by atoms with E-state index in [4.69, 9.17) is 11.0 Å². The molecule has 0 radical (unpaired) electrons. The number of nitrogens with zero attached hydrogens (tertiary/aromatic N) is 1. The molecule has 0 unspecified atom stereocenters. The predicted molar refractivity (Wildman–Crippen MR) is 80.5 cm³/mol. The molecule has 0 aliphatic carbocycles. The van der Waals surface area contributed by atoms with Crippen LogP contribution in [0.15, 0.2) is 24.3 Å². The van der Waals surface area contributed by atoms with Gasteiger partial charge >= 0.3 is 0 Å². The Balaban J connectivity index is 3.15. The molecule has 0 aliphatic heterocycles. The van der Waals surface area contributed by atoms with E-state index in [9.17, 15) is 18.0 Å². The molecule has 3 N–H and O–H groups in total. The van der Waals surface area contributed by atoms with Gasteiger partial charge in [-0.15, -0.1) is 0 Å². The molecule has 0 saturated carbocycles.